The van der Waals surface area contributed by atoms with E-state index < -0.39 is 0 Å². The highest BCUT2D eigenvalue weighted by atomic mass is 79.9. The molecule has 1 aromatic carbocycles. The fraction of sp³-hybridized carbons (Fsp3) is 0.182. The lowest BCUT2D eigenvalue weighted by Crippen LogP contribution is -2.25. The molecule has 1 rings (SSSR count). The van der Waals surface area contributed by atoms with Gasteiger partial charge in [-0.15, -0.1) is 5.10 Å². The molecule has 1 aromatic rings. The van der Waals surface area contributed by atoms with Gasteiger partial charge in [-0.05, 0) is 30.4 Å². The van der Waals surface area contributed by atoms with Crippen molar-refractivity contribution >= 4 is 45.5 Å². The van der Waals surface area contributed by atoms with Gasteiger partial charge in [-0.1, -0.05) is 15.9 Å². The molecule has 0 spiro atoms. The molecular formula is C11H14BrN5OS. The fourth-order valence-electron chi connectivity index (χ4n) is 1.05. The largest absolute Gasteiger partial charge is 0.431 e. The van der Waals surface area contributed by atoms with Gasteiger partial charge in [0.2, 0.25) is 5.96 Å². The Morgan fingerprint density at radius 2 is 2.11 bits per heavy atom. The molecule has 0 fully saturated rings. The number of rotatable bonds is 3. The molecule has 0 bridgehead atoms. The molecule has 0 atom stereocenters. The van der Waals surface area contributed by atoms with Crippen LogP contribution in [0.1, 0.15) is 5.56 Å². The summed E-state index contributed by atoms with van der Waals surface area (Å²) in [6.45, 7) is 0. The second-order valence-corrected chi connectivity index (χ2v) is 4.98. The highest BCUT2D eigenvalue weighted by molar-refractivity contribution is 9.10. The SMILES string of the molecule is CN(C)C(=S)Oc1cc(Br)ccc1C=NN=C(N)N. The van der Waals surface area contributed by atoms with E-state index in [2.05, 4.69) is 26.1 Å². The van der Waals surface area contributed by atoms with Crippen LogP contribution in [0, 0.1) is 0 Å². The Hall–Kier alpha value is -1.67. The summed E-state index contributed by atoms with van der Waals surface area (Å²) in [6, 6.07) is 5.44. The molecule has 0 heterocycles. The van der Waals surface area contributed by atoms with E-state index in [-0.39, 0.29) is 5.96 Å². The lowest BCUT2D eigenvalue weighted by atomic mass is 10.2. The van der Waals surface area contributed by atoms with E-state index in [0.29, 0.717) is 16.5 Å². The van der Waals surface area contributed by atoms with Gasteiger partial charge in [-0.25, -0.2) is 0 Å². The van der Waals surface area contributed by atoms with E-state index in [1.807, 2.05) is 12.1 Å². The van der Waals surface area contributed by atoms with Crippen molar-refractivity contribution in [2.75, 3.05) is 14.1 Å². The zero-order valence-corrected chi connectivity index (χ0v) is 12.9. The lowest BCUT2D eigenvalue weighted by Gasteiger charge is -2.15. The van der Waals surface area contributed by atoms with Crippen molar-refractivity contribution in [1.29, 1.82) is 0 Å². The smallest absolute Gasteiger partial charge is 0.264 e. The first-order valence-corrected chi connectivity index (χ1v) is 6.41. The quantitative estimate of drug-likeness (QED) is 0.373. The van der Waals surface area contributed by atoms with Gasteiger partial charge in [0.25, 0.3) is 5.17 Å². The molecule has 0 aliphatic heterocycles. The van der Waals surface area contributed by atoms with E-state index >= 15 is 0 Å². The van der Waals surface area contributed by atoms with Crippen LogP contribution >= 0.6 is 28.1 Å². The molecular weight excluding hydrogens is 330 g/mol. The van der Waals surface area contributed by atoms with Gasteiger partial charge in [-0.3, -0.25) is 0 Å². The van der Waals surface area contributed by atoms with Crippen LogP contribution in [-0.2, 0) is 0 Å². The van der Waals surface area contributed by atoms with Crippen LogP contribution in [-0.4, -0.2) is 36.3 Å². The normalized spacial score (nSPS) is 10.3. The topological polar surface area (TPSA) is 89.2 Å². The fourth-order valence-corrected chi connectivity index (χ4v) is 1.48. The lowest BCUT2D eigenvalue weighted by molar-refractivity contribution is 0.449. The third-order valence-corrected chi connectivity index (χ3v) is 2.85. The van der Waals surface area contributed by atoms with Crippen LogP contribution in [0.15, 0.2) is 32.9 Å². The van der Waals surface area contributed by atoms with Crippen LogP contribution in [0.3, 0.4) is 0 Å². The zero-order valence-electron chi connectivity index (χ0n) is 10.5. The molecule has 0 aliphatic carbocycles. The molecule has 102 valence electrons. The van der Waals surface area contributed by atoms with Crippen molar-refractivity contribution < 1.29 is 4.74 Å². The molecule has 8 heteroatoms. The molecule has 6 nitrogen and oxygen atoms in total. The molecule has 19 heavy (non-hydrogen) atoms. The number of benzene rings is 1. The van der Waals surface area contributed by atoms with Crippen LogP contribution < -0.4 is 16.2 Å². The minimum atomic E-state index is -0.111. The monoisotopic (exact) mass is 343 g/mol. The summed E-state index contributed by atoms with van der Waals surface area (Å²) in [5.74, 6) is 0.447. The predicted octanol–water partition coefficient (Wildman–Crippen LogP) is 1.28. The Balaban J connectivity index is 3.01. The van der Waals surface area contributed by atoms with Gasteiger partial charge in [0.15, 0.2) is 0 Å². The van der Waals surface area contributed by atoms with E-state index in [0.717, 1.165) is 4.47 Å². The molecule has 0 saturated heterocycles. The number of hydrogen-bond donors (Lipinski definition) is 2. The third-order valence-electron chi connectivity index (χ3n) is 1.91. The number of halogens is 1. The summed E-state index contributed by atoms with van der Waals surface area (Å²) in [4.78, 5) is 1.69. The number of ether oxygens (including phenoxy) is 1. The first kappa shape index (κ1) is 15.4. The molecule has 4 N–H and O–H groups in total. The number of nitrogens with zero attached hydrogens (tertiary/aromatic N) is 3. The maximum Gasteiger partial charge on any atom is 0.264 e. The Bertz CT molecular complexity index is 526. The van der Waals surface area contributed by atoms with Crippen molar-refractivity contribution in [2.24, 2.45) is 21.7 Å². The second kappa shape index (κ2) is 7.05. The standard InChI is InChI=1S/C11H14BrN5OS/c1-17(2)11(19)18-9-5-8(12)4-3-7(9)6-15-16-10(13)14/h3-6H,1-2H3,(H4,13,14,16). The zero-order chi connectivity index (χ0) is 14.4. The number of hydrogen-bond acceptors (Lipinski definition) is 4. The van der Waals surface area contributed by atoms with E-state index in [1.54, 1.807) is 25.1 Å². The summed E-state index contributed by atoms with van der Waals surface area (Å²) >= 11 is 8.46. The molecule has 0 saturated carbocycles. The van der Waals surface area contributed by atoms with Crippen molar-refractivity contribution in [2.45, 2.75) is 0 Å². The van der Waals surface area contributed by atoms with Crippen molar-refractivity contribution in [3.05, 3.63) is 28.2 Å². The molecule has 0 unspecified atom stereocenters. The highest BCUT2D eigenvalue weighted by Crippen LogP contribution is 2.23. The summed E-state index contributed by atoms with van der Waals surface area (Å²) in [5, 5.41) is 7.62. The van der Waals surface area contributed by atoms with Gasteiger partial charge in [0, 0.05) is 24.1 Å². The van der Waals surface area contributed by atoms with E-state index in [9.17, 15) is 0 Å². The minimum absolute atomic E-state index is 0.111. The summed E-state index contributed by atoms with van der Waals surface area (Å²) in [7, 11) is 3.60. The summed E-state index contributed by atoms with van der Waals surface area (Å²) in [6.07, 6.45) is 1.49. The van der Waals surface area contributed by atoms with Gasteiger partial charge in [-0.2, -0.15) is 5.10 Å². The van der Waals surface area contributed by atoms with E-state index in [1.165, 1.54) is 6.21 Å². The predicted molar refractivity (Wildman–Crippen MR) is 84.5 cm³/mol. The van der Waals surface area contributed by atoms with Crippen LogP contribution in [0.5, 0.6) is 5.75 Å². The van der Waals surface area contributed by atoms with Crippen LogP contribution in [0.4, 0.5) is 0 Å². The summed E-state index contributed by atoms with van der Waals surface area (Å²) in [5.41, 5.74) is 11.1. The Morgan fingerprint density at radius 3 is 2.68 bits per heavy atom. The average Bonchev–Trinajstić information content (AvgIpc) is 2.31. The molecule has 0 aromatic heterocycles. The molecule has 0 amide bonds. The van der Waals surface area contributed by atoms with E-state index in [4.69, 9.17) is 28.4 Å². The van der Waals surface area contributed by atoms with Crippen molar-refractivity contribution in [3.8, 4) is 5.75 Å². The van der Waals surface area contributed by atoms with Crippen molar-refractivity contribution in [3.63, 3.8) is 0 Å². The Morgan fingerprint density at radius 1 is 1.42 bits per heavy atom. The number of nitrogens with two attached hydrogens (primary N) is 2. The first-order chi connectivity index (χ1) is 8.90. The van der Waals surface area contributed by atoms with Crippen molar-refractivity contribution in [1.82, 2.24) is 4.90 Å². The minimum Gasteiger partial charge on any atom is -0.431 e. The highest BCUT2D eigenvalue weighted by Gasteiger charge is 2.07. The van der Waals surface area contributed by atoms with Gasteiger partial charge in [0.05, 0.1) is 6.21 Å². The number of thiocarbonyl (C=S) groups is 1. The van der Waals surface area contributed by atoms with Crippen LogP contribution in [0.2, 0.25) is 0 Å². The van der Waals surface area contributed by atoms with Gasteiger partial charge >= 0.3 is 0 Å². The second-order valence-electron chi connectivity index (χ2n) is 3.71. The van der Waals surface area contributed by atoms with Gasteiger partial charge < -0.3 is 21.1 Å². The molecule has 0 radical (unpaired) electrons. The summed E-state index contributed by atoms with van der Waals surface area (Å²) < 4.78 is 6.43. The Kier molecular flexibility index (Phi) is 5.71. The first-order valence-electron chi connectivity index (χ1n) is 5.21. The number of guanidine groups is 1. The maximum atomic E-state index is 5.57. The Labute approximate surface area is 125 Å². The molecule has 0 aliphatic rings. The average molecular weight is 344 g/mol. The van der Waals surface area contributed by atoms with Crippen LogP contribution in [0.25, 0.3) is 0 Å². The van der Waals surface area contributed by atoms with Gasteiger partial charge in [0.1, 0.15) is 5.75 Å². The maximum absolute atomic E-state index is 5.57. The third kappa shape index (κ3) is 5.23.